The lowest BCUT2D eigenvalue weighted by Gasteiger charge is -2.08. The molecule has 3 aromatic rings. The van der Waals surface area contributed by atoms with E-state index in [1.807, 2.05) is 42.5 Å². The molecule has 5 heteroatoms. The van der Waals surface area contributed by atoms with Crippen LogP contribution in [0, 0.1) is 0 Å². The highest BCUT2D eigenvalue weighted by Crippen LogP contribution is 2.27. The van der Waals surface area contributed by atoms with Gasteiger partial charge in [-0.15, -0.1) is 0 Å². The summed E-state index contributed by atoms with van der Waals surface area (Å²) in [6.45, 7) is 2.08. The summed E-state index contributed by atoms with van der Waals surface area (Å²) in [6.07, 6.45) is 1.54. The Hall–Kier alpha value is -2.82. The first kappa shape index (κ1) is 13.2. The highest BCUT2D eigenvalue weighted by molar-refractivity contribution is 5.96. The van der Waals surface area contributed by atoms with Gasteiger partial charge < -0.3 is 10.5 Å². The second kappa shape index (κ2) is 5.28. The molecule has 0 aliphatic rings. The van der Waals surface area contributed by atoms with Crippen LogP contribution in [0.2, 0.25) is 0 Å². The molecule has 21 heavy (non-hydrogen) atoms. The normalized spacial score (nSPS) is 10.7. The summed E-state index contributed by atoms with van der Waals surface area (Å²) >= 11 is 0. The Morgan fingerprint density at radius 3 is 2.71 bits per heavy atom. The predicted octanol–water partition coefficient (Wildman–Crippen LogP) is 2.76. The molecular formula is C16H15N3O2. The fourth-order valence-corrected chi connectivity index (χ4v) is 2.31. The van der Waals surface area contributed by atoms with Gasteiger partial charge >= 0.3 is 5.97 Å². The van der Waals surface area contributed by atoms with Crippen LogP contribution in [0.15, 0.2) is 48.8 Å². The van der Waals surface area contributed by atoms with Crippen LogP contribution in [0.25, 0.3) is 16.6 Å². The molecule has 0 atom stereocenters. The van der Waals surface area contributed by atoms with Crippen LogP contribution in [0.1, 0.15) is 17.4 Å². The van der Waals surface area contributed by atoms with Gasteiger partial charge in [-0.05, 0) is 24.6 Å². The smallest absolute Gasteiger partial charge is 0.359 e. The minimum Gasteiger partial charge on any atom is -0.461 e. The average Bonchev–Trinajstić information content (AvgIpc) is 2.94. The SMILES string of the molecule is CCOC(=O)c1ncn2c(N)c(-c3ccccc3)ccc12. The van der Waals surface area contributed by atoms with Crippen molar-refractivity contribution < 1.29 is 9.53 Å². The topological polar surface area (TPSA) is 69.6 Å². The summed E-state index contributed by atoms with van der Waals surface area (Å²) in [7, 11) is 0. The Kier molecular flexibility index (Phi) is 3.31. The van der Waals surface area contributed by atoms with E-state index >= 15 is 0 Å². The van der Waals surface area contributed by atoms with Crippen molar-refractivity contribution in [3.63, 3.8) is 0 Å². The molecule has 1 aromatic carbocycles. The van der Waals surface area contributed by atoms with Gasteiger partial charge in [0.15, 0.2) is 5.69 Å². The van der Waals surface area contributed by atoms with Gasteiger partial charge in [0.25, 0.3) is 0 Å². The molecule has 2 N–H and O–H groups in total. The van der Waals surface area contributed by atoms with Gasteiger partial charge in [-0.2, -0.15) is 0 Å². The van der Waals surface area contributed by atoms with Gasteiger partial charge in [-0.25, -0.2) is 9.78 Å². The molecule has 0 bridgehead atoms. The number of fused-ring (bicyclic) bond motifs is 1. The number of ether oxygens (including phenoxy) is 1. The van der Waals surface area contributed by atoms with Crippen molar-refractivity contribution >= 4 is 17.3 Å². The third-order valence-electron chi connectivity index (χ3n) is 3.30. The number of nitrogens with two attached hydrogens (primary N) is 1. The fraction of sp³-hybridized carbons (Fsp3) is 0.125. The third kappa shape index (κ3) is 2.23. The second-order valence-corrected chi connectivity index (χ2v) is 4.57. The highest BCUT2D eigenvalue weighted by atomic mass is 16.5. The molecule has 0 radical (unpaired) electrons. The number of hydrogen-bond donors (Lipinski definition) is 1. The monoisotopic (exact) mass is 281 g/mol. The number of esters is 1. The van der Waals surface area contributed by atoms with Gasteiger partial charge in [0.05, 0.1) is 12.1 Å². The van der Waals surface area contributed by atoms with E-state index in [0.29, 0.717) is 17.9 Å². The number of anilines is 1. The van der Waals surface area contributed by atoms with Crippen LogP contribution in [0.3, 0.4) is 0 Å². The van der Waals surface area contributed by atoms with E-state index in [1.165, 1.54) is 0 Å². The lowest BCUT2D eigenvalue weighted by molar-refractivity contribution is 0.0522. The summed E-state index contributed by atoms with van der Waals surface area (Å²) in [5.41, 5.74) is 9.05. The molecule has 0 saturated carbocycles. The minimum atomic E-state index is -0.438. The maximum Gasteiger partial charge on any atom is 0.359 e. The first-order valence-corrected chi connectivity index (χ1v) is 6.70. The summed E-state index contributed by atoms with van der Waals surface area (Å²) in [5, 5.41) is 0. The van der Waals surface area contributed by atoms with E-state index < -0.39 is 5.97 Å². The zero-order valence-electron chi connectivity index (χ0n) is 11.6. The summed E-state index contributed by atoms with van der Waals surface area (Å²) in [6, 6.07) is 13.6. The Bertz CT molecular complexity index is 794. The van der Waals surface area contributed by atoms with Crippen LogP contribution >= 0.6 is 0 Å². The van der Waals surface area contributed by atoms with Crippen molar-refractivity contribution in [2.45, 2.75) is 6.92 Å². The number of nitrogens with zero attached hydrogens (tertiary/aromatic N) is 2. The molecular weight excluding hydrogens is 266 g/mol. The maximum absolute atomic E-state index is 11.8. The predicted molar refractivity (Wildman–Crippen MR) is 81.0 cm³/mol. The maximum atomic E-state index is 11.8. The molecule has 0 aliphatic heterocycles. The van der Waals surface area contributed by atoms with Crippen LogP contribution < -0.4 is 5.73 Å². The lowest BCUT2D eigenvalue weighted by atomic mass is 10.1. The van der Waals surface area contributed by atoms with Crippen molar-refractivity contribution in [2.75, 3.05) is 12.3 Å². The lowest BCUT2D eigenvalue weighted by Crippen LogP contribution is -2.06. The quantitative estimate of drug-likeness (QED) is 0.749. The van der Waals surface area contributed by atoms with Crippen molar-refractivity contribution in [3.8, 4) is 11.1 Å². The molecule has 0 spiro atoms. The number of hydrogen-bond acceptors (Lipinski definition) is 4. The Morgan fingerprint density at radius 1 is 1.24 bits per heavy atom. The van der Waals surface area contributed by atoms with Crippen molar-refractivity contribution in [1.82, 2.24) is 9.38 Å². The van der Waals surface area contributed by atoms with Crippen LogP contribution in [-0.4, -0.2) is 22.0 Å². The molecule has 2 heterocycles. The first-order valence-electron chi connectivity index (χ1n) is 6.70. The van der Waals surface area contributed by atoms with E-state index in [-0.39, 0.29) is 5.69 Å². The van der Waals surface area contributed by atoms with E-state index in [9.17, 15) is 4.79 Å². The van der Waals surface area contributed by atoms with Gasteiger partial charge in [-0.3, -0.25) is 4.40 Å². The highest BCUT2D eigenvalue weighted by Gasteiger charge is 2.16. The summed E-state index contributed by atoms with van der Waals surface area (Å²) in [5.74, 6) is 0.105. The summed E-state index contributed by atoms with van der Waals surface area (Å²) in [4.78, 5) is 16.0. The molecule has 0 unspecified atom stereocenters. The molecule has 106 valence electrons. The van der Waals surface area contributed by atoms with Gasteiger partial charge in [0, 0.05) is 5.56 Å². The number of aromatic nitrogens is 2. The van der Waals surface area contributed by atoms with Crippen LogP contribution in [-0.2, 0) is 4.74 Å². The van der Waals surface area contributed by atoms with E-state index in [2.05, 4.69) is 4.98 Å². The number of pyridine rings is 1. The largest absolute Gasteiger partial charge is 0.461 e. The van der Waals surface area contributed by atoms with Crippen LogP contribution in [0.5, 0.6) is 0 Å². The number of benzene rings is 1. The molecule has 3 rings (SSSR count). The van der Waals surface area contributed by atoms with E-state index in [1.54, 1.807) is 17.7 Å². The number of rotatable bonds is 3. The van der Waals surface area contributed by atoms with Gasteiger partial charge in [0.2, 0.25) is 0 Å². The van der Waals surface area contributed by atoms with Crippen molar-refractivity contribution in [1.29, 1.82) is 0 Å². The molecule has 0 fully saturated rings. The Balaban J connectivity index is 2.13. The van der Waals surface area contributed by atoms with E-state index in [4.69, 9.17) is 10.5 Å². The van der Waals surface area contributed by atoms with Crippen molar-refractivity contribution in [2.24, 2.45) is 0 Å². The third-order valence-corrected chi connectivity index (χ3v) is 3.30. The molecule has 2 aromatic heterocycles. The molecule has 0 aliphatic carbocycles. The zero-order chi connectivity index (χ0) is 14.8. The standard InChI is InChI=1S/C16H15N3O2/c1-2-21-16(20)14-13-9-8-12(11-6-4-3-5-7-11)15(17)19(13)10-18-14/h3-10H,2,17H2,1H3. The van der Waals surface area contributed by atoms with Crippen molar-refractivity contribution in [3.05, 3.63) is 54.5 Å². The molecule has 5 nitrogen and oxygen atoms in total. The number of carbonyl (C=O) groups excluding carboxylic acids is 1. The first-order chi connectivity index (χ1) is 10.2. The zero-order valence-corrected chi connectivity index (χ0v) is 11.6. The Labute approximate surface area is 122 Å². The average molecular weight is 281 g/mol. The van der Waals surface area contributed by atoms with Gasteiger partial charge in [-0.1, -0.05) is 30.3 Å². The van der Waals surface area contributed by atoms with Crippen LogP contribution in [0.4, 0.5) is 5.82 Å². The molecule has 0 saturated heterocycles. The summed E-state index contributed by atoms with van der Waals surface area (Å²) < 4.78 is 6.70. The number of nitrogen functional groups attached to an aromatic ring is 1. The Morgan fingerprint density at radius 2 is 2.00 bits per heavy atom. The number of imidazole rings is 1. The van der Waals surface area contributed by atoms with Gasteiger partial charge in [0.1, 0.15) is 12.1 Å². The van der Waals surface area contributed by atoms with E-state index in [0.717, 1.165) is 11.1 Å². The minimum absolute atomic E-state index is 0.281. The fourth-order valence-electron chi connectivity index (χ4n) is 2.31. The second-order valence-electron chi connectivity index (χ2n) is 4.57. The number of carbonyl (C=O) groups is 1. The molecule has 0 amide bonds.